The topological polar surface area (TPSA) is 87.0 Å². The van der Waals surface area contributed by atoms with Gasteiger partial charge in [0.1, 0.15) is 5.56 Å². The van der Waals surface area contributed by atoms with Crippen LogP contribution in [0.2, 0.25) is 0 Å². The number of hydrogen-bond acceptors (Lipinski definition) is 4. The standard InChI is InChI=1S/C30H52O5/c1-2-3-4-5-6-13-16-19-24-35-25-20-17-14-11-9-7-8-10-12-15-18-21-26-22-23-27(31)29(32)28(26)30(33)34/h22-23,31-32H,2-21,24-25H2,1H3,(H,33,34). The van der Waals surface area contributed by atoms with Gasteiger partial charge in [0, 0.05) is 13.2 Å². The van der Waals surface area contributed by atoms with Gasteiger partial charge in [0.2, 0.25) is 0 Å². The molecule has 0 radical (unpaired) electrons. The molecule has 0 aliphatic carbocycles. The summed E-state index contributed by atoms with van der Waals surface area (Å²) < 4.78 is 5.78. The SMILES string of the molecule is CCCCCCCCCCOCCCCCCCCCCCCCc1ccc(O)c(O)c1C(=O)O. The molecular weight excluding hydrogens is 440 g/mol. The van der Waals surface area contributed by atoms with Crippen molar-refractivity contribution in [1.82, 2.24) is 0 Å². The second-order valence-electron chi connectivity index (χ2n) is 10.00. The molecule has 1 rings (SSSR count). The van der Waals surface area contributed by atoms with E-state index >= 15 is 0 Å². The molecule has 0 aliphatic rings. The average molecular weight is 493 g/mol. The molecule has 5 heteroatoms. The number of aromatic hydroxyl groups is 2. The van der Waals surface area contributed by atoms with Crippen LogP contribution < -0.4 is 0 Å². The molecular formula is C30H52O5. The van der Waals surface area contributed by atoms with Crippen LogP contribution in [0.1, 0.15) is 145 Å². The first-order valence-corrected chi connectivity index (χ1v) is 14.4. The van der Waals surface area contributed by atoms with Crippen LogP contribution in [0.5, 0.6) is 11.5 Å². The first-order valence-electron chi connectivity index (χ1n) is 14.4. The molecule has 1 aromatic rings. The molecule has 0 heterocycles. The van der Waals surface area contributed by atoms with Crippen molar-refractivity contribution in [3.05, 3.63) is 23.3 Å². The number of phenols is 2. The summed E-state index contributed by atoms with van der Waals surface area (Å²) in [6.45, 7) is 4.13. The van der Waals surface area contributed by atoms with Crippen molar-refractivity contribution in [3.63, 3.8) is 0 Å². The third-order valence-electron chi connectivity index (χ3n) is 6.83. The van der Waals surface area contributed by atoms with E-state index in [4.69, 9.17) is 4.74 Å². The van der Waals surface area contributed by atoms with Crippen molar-refractivity contribution in [2.75, 3.05) is 13.2 Å². The zero-order valence-electron chi connectivity index (χ0n) is 22.4. The van der Waals surface area contributed by atoms with Crippen LogP contribution in [0.25, 0.3) is 0 Å². The number of carboxylic acids is 1. The number of carbonyl (C=O) groups is 1. The van der Waals surface area contributed by atoms with E-state index in [1.54, 1.807) is 6.07 Å². The average Bonchev–Trinajstić information content (AvgIpc) is 2.84. The molecule has 5 nitrogen and oxygen atoms in total. The highest BCUT2D eigenvalue weighted by atomic mass is 16.5. The fourth-order valence-electron chi connectivity index (χ4n) is 4.62. The molecule has 0 aromatic heterocycles. The maximum atomic E-state index is 11.3. The Morgan fingerprint density at radius 1 is 0.657 bits per heavy atom. The molecule has 0 aliphatic heterocycles. The molecule has 0 saturated carbocycles. The quantitative estimate of drug-likeness (QED) is 0.0991. The van der Waals surface area contributed by atoms with E-state index in [0.717, 1.165) is 32.5 Å². The number of benzene rings is 1. The van der Waals surface area contributed by atoms with E-state index in [-0.39, 0.29) is 11.3 Å². The van der Waals surface area contributed by atoms with E-state index in [1.807, 2.05) is 0 Å². The van der Waals surface area contributed by atoms with Gasteiger partial charge in [0.05, 0.1) is 0 Å². The van der Waals surface area contributed by atoms with E-state index in [1.165, 1.54) is 109 Å². The minimum atomic E-state index is -1.19. The van der Waals surface area contributed by atoms with E-state index in [0.29, 0.717) is 12.0 Å². The molecule has 0 unspecified atom stereocenters. The number of unbranched alkanes of at least 4 members (excludes halogenated alkanes) is 17. The smallest absolute Gasteiger partial charge is 0.339 e. The lowest BCUT2D eigenvalue weighted by Crippen LogP contribution is -2.03. The molecule has 202 valence electrons. The lowest BCUT2D eigenvalue weighted by molar-refractivity contribution is 0.0691. The van der Waals surface area contributed by atoms with Crippen LogP contribution in [-0.2, 0) is 11.2 Å². The normalized spacial score (nSPS) is 11.2. The molecule has 0 fully saturated rings. The lowest BCUT2D eigenvalue weighted by atomic mass is 9.99. The van der Waals surface area contributed by atoms with Crippen molar-refractivity contribution in [2.24, 2.45) is 0 Å². The van der Waals surface area contributed by atoms with Gasteiger partial charge in [-0.05, 0) is 37.3 Å². The Labute approximate surface area is 214 Å². The van der Waals surface area contributed by atoms with Gasteiger partial charge in [0.15, 0.2) is 11.5 Å². The van der Waals surface area contributed by atoms with Gasteiger partial charge >= 0.3 is 5.97 Å². The zero-order valence-corrected chi connectivity index (χ0v) is 22.4. The summed E-state index contributed by atoms with van der Waals surface area (Å²) in [5.74, 6) is -2.10. The Balaban J connectivity index is 1.83. The van der Waals surface area contributed by atoms with E-state index in [9.17, 15) is 20.1 Å². The number of hydrogen-bond donors (Lipinski definition) is 3. The van der Waals surface area contributed by atoms with Crippen LogP contribution >= 0.6 is 0 Å². The fourth-order valence-corrected chi connectivity index (χ4v) is 4.62. The maximum Gasteiger partial charge on any atom is 0.339 e. The number of aryl methyl sites for hydroxylation is 1. The summed E-state index contributed by atoms with van der Waals surface area (Å²) in [4.78, 5) is 11.3. The molecule has 0 bridgehead atoms. The highest BCUT2D eigenvalue weighted by molar-refractivity contribution is 5.93. The summed E-state index contributed by atoms with van der Waals surface area (Å²) in [7, 11) is 0. The second-order valence-corrected chi connectivity index (χ2v) is 10.00. The van der Waals surface area contributed by atoms with Gasteiger partial charge in [0.25, 0.3) is 0 Å². The Bertz CT molecular complexity index is 658. The summed E-state index contributed by atoms with van der Waals surface area (Å²) in [5, 5.41) is 28.6. The van der Waals surface area contributed by atoms with Crippen LogP contribution in [0.3, 0.4) is 0 Å². The van der Waals surface area contributed by atoms with Crippen molar-refractivity contribution < 1.29 is 24.9 Å². The zero-order chi connectivity index (χ0) is 25.6. The number of carboxylic acid groups (broad SMARTS) is 1. The van der Waals surface area contributed by atoms with Crippen molar-refractivity contribution in [2.45, 2.75) is 135 Å². The second kappa shape index (κ2) is 21.5. The van der Waals surface area contributed by atoms with E-state index in [2.05, 4.69) is 6.92 Å². The van der Waals surface area contributed by atoms with Crippen LogP contribution in [-0.4, -0.2) is 34.5 Å². The van der Waals surface area contributed by atoms with Gasteiger partial charge in [-0.2, -0.15) is 0 Å². The number of ether oxygens (including phenoxy) is 1. The predicted octanol–water partition coefficient (Wildman–Crippen LogP) is 8.79. The van der Waals surface area contributed by atoms with Crippen molar-refractivity contribution in [3.8, 4) is 11.5 Å². The Morgan fingerprint density at radius 3 is 1.54 bits per heavy atom. The minimum Gasteiger partial charge on any atom is -0.504 e. The van der Waals surface area contributed by atoms with Crippen LogP contribution in [0.4, 0.5) is 0 Å². The first-order chi connectivity index (χ1) is 17.1. The third-order valence-corrected chi connectivity index (χ3v) is 6.83. The highest BCUT2D eigenvalue weighted by Crippen LogP contribution is 2.32. The Hall–Kier alpha value is -1.75. The van der Waals surface area contributed by atoms with Crippen molar-refractivity contribution >= 4 is 5.97 Å². The lowest BCUT2D eigenvalue weighted by Gasteiger charge is -2.09. The highest BCUT2D eigenvalue weighted by Gasteiger charge is 2.18. The third kappa shape index (κ3) is 15.8. The monoisotopic (exact) mass is 492 g/mol. The summed E-state index contributed by atoms with van der Waals surface area (Å²) >= 11 is 0. The van der Waals surface area contributed by atoms with Crippen LogP contribution in [0.15, 0.2) is 12.1 Å². The minimum absolute atomic E-state index is 0.167. The van der Waals surface area contributed by atoms with Gasteiger partial charge in [-0.25, -0.2) is 4.79 Å². The Morgan fingerprint density at radius 2 is 1.09 bits per heavy atom. The maximum absolute atomic E-state index is 11.3. The predicted molar refractivity (Wildman–Crippen MR) is 145 cm³/mol. The fraction of sp³-hybridized carbons (Fsp3) is 0.767. The van der Waals surface area contributed by atoms with Gasteiger partial charge in [-0.1, -0.05) is 116 Å². The Kier molecular flexibility index (Phi) is 19.2. The van der Waals surface area contributed by atoms with Crippen LogP contribution in [0, 0.1) is 0 Å². The molecule has 3 N–H and O–H groups in total. The van der Waals surface area contributed by atoms with Gasteiger partial charge in [-0.3, -0.25) is 0 Å². The van der Waals surface area contributed by atoms with Gasteiger partial charge < -0.3 is 20.1 Å². The summed E-state index contributed by atoms with van der Waals surface area (Å²) in [6.07, 6.45) is 24.7. The number of aromatic carboxylic acids is 1. The molecule has 35 heavy (non-hydrogen) atoms. The summed E-state index contributed by atoms with van der Waals surface area (Å²) in [6, 6.07) is 2.96. The number of rotatable bonds is 24. The van der Waals surface area contributed by atoms with Gasteiger partial charge in [-0.15, -0.1) is 0 Å². The molecule has 0 amide bonds. The molecule has 0 atom stereocenters. The molecule has 0 saturated heterocycles. The molecule has 1 aromatic carbocycles. The van der Waals surface area contributed by atoms with Crippen molar-refractivity contribution in [1.29, 1.82) is 0 Å². The largest absolute Gasteiger partial charge is 0.504 e. The summed E-state index contributed by atoms with van der Waals surface area (Å²) in [5.41, 5.74) is 0.423. The first kappa shape index (κ1) is 31.3. The number of phenolic OH excluding ortho intramolecular Hbond substituents is 1. The molecule has 0 spiro atoms. The van der Waals surface area contributed by atoms with E-state index < -0.39 is 11.7 Å².